The monoisotopic (exact) mass is 300 g/mol. The van der Waals surface area contributed by atoms with Crippen LogP contribution in [-0.2, 0) is 23.7 Å². The number of benzene rings is 1. The molecule has 2 aromatic rings. The molecule has 118 valence electrons. The van der Waals surface area contributed by atoms with Crippen molar-refractivity contribution >= 4 is 5.97 Å². The van der Waals surface area contributed by atoms with Gasteiger partial charge in [-0.1, -0.05) is 32.9 Å². The molecule has 0 spiro atoms. The van der Waals surface area contributed by atoms with E-state index in [0.717, 1.165) is 11.1 Å². The second kappa shape index (κ2) is 6.34. The van der Waals surface area contributed by atoms with Gasteiger partial charge in [-0.05, 0) is 41.5 Å². The second-order valence-corrected chi connectivity index (χ2v) is 6.73. The van der Waals surface area contributed by atoms with Crippen molar-refractivity contribution in [2.75, 3.05) is 0 Å². The maximum atomic E-state index is 12.0. The third-order valence-electron chi connectivity index (χ3n) is 3.64. The predicted octanol–water partition coefficient (Wildman–Crippen LogP) is 3.56. The molecule has 4 heteroatoms. The van der Waals surface area contributed by atoms with Gasteiger partial charge in [-0.25, -0.2) is 0 Å². The van der Waals surface area contributed by atoms with E-state index in [1.165, 1.54) is 5.56 Å². The number of aromatic nitrogens is 2. The second-order valence-electron chi connectivity index (χ2n) is 6.73. The molecule has 0 N–H and O–H groups in total. The molecular formula is C18H24N2O2. The highest BCUT2D eigenvalue weighted by atomic mass is 16.5. The third kappa shape index (κ3) is 4.20. The number of carbonyl (C=O) groups is 1. The minimum Gasteiger partial charge on any atom is -0.426 e. The lowest BCUT2D eigenvalue weighted by Gasteiger charge is -2.20. The fraction of sp³-hybridized carbons (Fsp3) is 0.444. The lowest BCUT2D eigenvalue weighted by atomic mass is 9.86. The number of ether oxygens (including phenoxy) is 1. The summed E-state index contributed by atoms with van der Waals surface area (Å²) < 4.78 is 7.21. The number of carbonyl (C=O) groups excluding carboxylic acids is 1. The van der Waals surface area contributed by atoms with Crippen LogP contribution in [0.5, 0.6) is 5.75 Å². The number of esters is 1. The van der Waals surface area contributed by atoms with Crippen LogP contribution < -0.4 is 4.74 Å². The molecule has 0 aliphatic rings. The van der Waals surface area contributed by atoms with Crippen molar-refractivity contribution in [3.8, 4) is 5.75 Å². The maximum Gasteiger partial charge on any atom is 0.311 e. The average Bonchev–Trinajstić information content (AvgIpc) is 2.83. The first kappa shape index (κ1) is 16.3. The maximum absolute atomic E-state index is 12.0. The van der Waals surface area contributed by atoms with Crippen LogP contribution in [0.1, 0.15) is 43.9 Å². The Hall–Kier alpha value is -2.10. The molecule has 4 nitrogen and oxygen atoms in total. The Kier molecular flexibility index (Phi) is 4.69. The van der Waals surface area contributed by atoms with E-state index in [4.69, 9.17) is 4.74 Å². The van der Waals surface area contributed by atoms with Crippen LogP contribution in [0.2, 0.25) is 0 Å². The molecule has 1 aromatic heterocycles. The zero-order valence-corrected chi connectivity index (χ0v) is 14.0. The highest BCUT2D eigenvalue weighted by molar-refractivity contribution is 5.73. The molecule has 0 aliphatic carbocycles. The van der Waals surface area contributed by atoms with E-state index in [2.05, 4.69) is 31.9 Å². The summed E-state index contributed by atoms with van der Waals surface area (Å²) in [7, 11) is 1.86. The molecule has 0 radical (unpaired) electrons. The topological polar surface area (TPSA) is 44.1 Å². The molecule has 0 bridgehead atoms. The van der Waals surface area contributed by atoms with Gasteiger partial charge in [0.15, 0.2) is 0 Å². The molecule has 0 saturated heterocycles. The van der Waals surface area contributed by atoms with Crippen molar-refractivity contribution in [2.24, 2.45) is 7.05 Å². The number of hydrogen-bond donors (Lipinski definition) is 0. The lowest BCUT2D eigenvalue weighted by molar-refractivity contribution is -0.134. The molecule has 2 rings (SSSR count). The standard InChI is InChI=1S/C18H24N2O2/c1-13-10-15(18(2,3)4)7-8-16(13)22-17(21)9-6-14-11-19-20(5)12-14/h7-8,10-12H,6,9H2,1-5H3. The molecular weight excluding hydrogens is 276 g/mol. The molecule has 0 amide bonds. The Bertz CT molecular complexity index is 666. The van der Waals surface area contributed by atoms with Crippen molar-refractivity contribution in [1.82, 2.24) is 9.78 Å². The Morgan fingerprint density at radius 1 is 1.32 bits per heavy atom. The Balaban J connectivity index is 1.96. The number of hydrogen-bond acceptors (Lipinski definition) is 3. The summed E-state index contributed by atoms with van der Waals surface area (Å²) in [4.78, 5) is 12.0. The van der Waals surface area contributed by atoms with Crippen LogP contribution in [0.15, 0.2) is 30.6 Å². The third-order valence-corrected chi connectivity index (χ3v) is 3.64. The van der Waals surface area contributed by atoms with E-state index in [1.54, 1.807) is 10.9 Å². The molecule has 0 saturated carbocycles. The summed E-state index contributed by atoms with van der Waals surface area (Å²) in [5.41, 5.74) is 3.36. The summed E-state index contributed by atoms with van der Waals surface area (Å²) in [5.74, 6) is 0.430. The number of rotatable bonds is 4. The van der Waals surface area contributed by atoms with Crippen molar-refractivity contribution in [3.63, 3.8) is 0 Å². The number of aryl methyl sites for hydroxylation is 3. The van der Waals surface area contributed by atoms with E-state index in [0.29, 0.717) is 18.6 Å². The van der Waals surface area contributed by atoms with Gasteiger partial charge < -0.3 is 4.74 Å². The van der Waals surface area contributed by atoms with E-state index >= 15 is 0 Å². The van der Waals surface area contributed by atoms with Gasteiger partial charge >= 0.3 is 5.97 Å². The SMILES string of the molecule is Cc1cc(C(C)(C)C)ccc1OC(=O)CCc1cnn(C)c1. The van der Waals surface area contributed by atoms with Crippen molar-refractivity contribution in [3.05, 3.63) is 47.3 Å². The molecule has 0 aliphatic heterocycles. The zero-order chi connectivity index (χ0) is 16.3. The summed E-state index contributed by atoms with van der Waals surface area (Å²) in [6, 6.07) is 6.00. The smallest absolute Gasteiger partial charge is 0.311 e. The van der Waals surface area contributed by atoms with Crippen molar-refractivity contribution in [2.45, 2.75) is 46.0 Å². The summed E-state index contributed by atoms with van der Waals surface area (Å²) in [6.07, 6.45) is 4.69. The van der Waals surface area contributed by atoms with Crippen LogP contribution in [-0.4, -0.2) is 15.7 Å². The lowest BCUT2D eigenvalue weighted by Crippen LogP contribution is -2.13. The highest BCUT2D eigenvalue weighted by Gasteiger charge is 2.16. The van der Waals surface area contributed by atoms with E-state index in [-0.39, 0.29) is 11.4 Å². The zero-order valence-electron chi connectivity index (χ0n) is 14.0. The van der Waals surface area contributed by atoms with Gasteiger partial charge in [-0.2, -0.15) is 5.10 Å². The first-order valence-corrected chi connectivity index (χ1v) is 7.55. The van der Waals surface area contributed by atoms with Gasteiger partial charge in [0.2, 0.25) is 0 Å². The molecule has 22 heavy (non-hydrogen) atoms. The first-order chi connectivity index (χ1) is 10.3. The van der Waals surface area contributed by atoms with Gasteiger partial charge in [-0.3, -0.25) is 9.48 Å². The normalized spacial score (nSPS) is 11.5. The quantitative estimate of drug-likeness (QED) is 0.640. The van der Waals surface area contributed by atoms with Crippen LogP contribution in [0.3, 0.4) is 0 Å². The van der Waals surface area contributed by atoms with Gasteiger partial charge in [0, 0.05) is 13.2 Å². The molecule has 0 unspecified atom stereocenters. The Labute approximate surface area is 132 Å². The van der Waals surface area contributed by atoms with Gasteiger partial charge in [0.1, 0.15) is 5.75 Å². The predicted molar refractivity (Wildman–Crippen MR) is 87.0 cm³/mol. The van der Waals surface area contributed by atoms with Crippen LogP contribution in [0.25, 0.3) is 0 Å². The highest BCUT2D eigenvalue weighted by Crippen LogP contribution is 2.27. The first-order valence-electron chi connectivity index (χ1n) is 7.55. The fourth-order valence-electron chi connectivity index (χ4n) is 2.25. The minimum atomic E-state index is -0.213. The average molecular weight is 300 g/mol. The molecule has 1 heterocycles. The summed E-state index contributed by atoms with van der Waals surface area (Å²) in [6.45, 7) is 8.48. The minimum absolute atomic E-state index is 0.0909. The van der Waals surface area contributed by atoms with E-state index in [9.17, 15) is 4.79 Å². The number of nitrogens with zero attached hydrogens (tertiary/aromatic N) is 2. The summed E-state index contributed by atoms with van der Waals surface area (Å²) in [5, 5.41) is 4.09. The van der Waals surface area contributed by atoms with E-state index < -0.39 is 0 Å². The Morgan fingerprint density at radius 3 is 2.59 bits per heavy atom. The molecule has 0 fully saturated rings. The molecule has 0 atom stereocenters. The van der Waals surface area contributed by atoms with Gasteiger partial charge in [0.05, 0.1) is 12.6 Å². The van der Waals surface area contributed by atoms with Crippen molar-refractivity contribution in [1.29, 1.82) is 0 Å². The largest absolute Gasteiger partial charge is 0.426 e. The van der Waals surface area contributed by atoms with Crippen LogP contribution in [0, 0.1) is 6.92 Å². The fourth-order valence-corrected chi connectivity index (χ4v) is 2.25. The van der Waals surface area contributed by atoms with Gasteiger partial charge in [0.25, 0.3) is 0 Å². The van der Waals surface area contributed by atoms with E-state index in [1.807, 2.05) is 32.3 Å². The van der Waals surface area contributed by atoms with Crippen molar-refractivity contribution < 1.29 is 9.53 Å². The van der Waals surface area contributed by atoms with Crippen LogP contribution >= 0.6 is 0 Å². The Morgan fingerprint density at radius 2 is 2.05 bits per heavy atom. The van der Waals surface area contributed by atoms with Crippen LogP contribution in [0.4, 0.5) is 0 Å². The van der Waals surface area contributed by atoms with Gasteiger partial charge in [-0.15, -0.1) is 0 Å². The molecule has 1 aromatic carbocycles. The summed E-state index contributed by atoms with van der Waals surface area (Å²) >= 11 is 0.